The Kier molecular flexibility index (Phi) is 3.78. The van der Waals surface area contributed by atoms with E-state index in [1.807, 2.05) is 6.92 Å². The third-order valence-corrected chi connectivity index (χ3v) is 4.20. The van der Waals surface area contributed by atoms with Crippen LogP contribution in [0.15, 0.2) is 24.3 Å². The molecule has 2 N–H and O–H groups in total. The number of hydrogen-bond donors (Lipinski definition) is 2. The molecule has 0 aromatic heterocycles. The molecule has 104 valence electrons. The highest BCUT2D eigenvalue weighted by molar-refractivity contribution is 5.83. The van der Waals surface area contributed by atoms with Gasteiger partial charge in [-0.2, -0.15) is 0 Å². The van der Waals surface area contributed by atoms with Gasteiger partial charge in [0.25, 0.3) is 0 Å². The third kappa shape index (κ3) is 2.72. The molecule has 0 heterocycles. The van der Waals surface area contributed by atoms with E-state index in [2.05, 4.69) is 12.2 Å². The topological polar surface area (TPSA) is 49.3 Å². The number of nitrogens with one attached hydrogen (secondary N) is 1. The van der Waals surface area contributed by atoms with E-state index in [0.29, 0.717) is 18.0 Å². The van der Waals surface area contributed by atoms with Gasteiger partial charge in [-0.15, -0.1) is 0 Å². The van der Waals surface area contributed by atoms with Crippen molar-refractivity contribution in [1.82, 2.24) is 0 Å². The van der Waals surface area contributed by atoms with E-state index in [1.165, 1.54) is 12.1 Å². The lowest BCUT2D eigenvalue weighted by molar-refractivity contribution is -0.145. The van der Waals surface area contributed by atoms with Gasteiger partial charge in [0, 0.05) is 5.69 Å². The molecule has 1 fully saturated rings. The van der Waals surface area contributed by atoms with E-state index in [4.69, 9.17) is 0 Å². The van der Waals surface area contributed by atoms with Gasteiger partial charge in [-0.05, 0) is 49.3 Å². The summed E-state index contributed by atoms with van der Waals surface area (Å²) in [6.45, 7) is 4.10. The number of carbonyl (C=O) groups is 1. The van der Waals surface area contributed by atoms with E-state index >= 15 is 0 Å². The number of anilines is 1. The fourth-order valence-electron chi connectivity index (χ4n) is 3.02. The largest absolute Gasteiger partial charge is 0.479 e. The average Bonchev–Trinajstić information content (AvgIpc) is 2.32. The number of rotatable bonds is 3. The third-order valence-electron chi connectivity index (χ3n) is 4.20. The second-order valence-electron chi connectivity index (χ2n) is 5.69. The van der Waals surface area contributed by atoms with Crippen molar-refractivity contribution in [2.45, 2.75) is 38.6 Å². The fourth-order valence-corrected chi connectivity index (χ4v) is 3.02. The van der Waals surface area contributed by atoms with E-state index in [1.54, 1.807) is 12.1 Å². The lowest BCUT2D eigenvalue weighted by atomic mass is 9.70. The first-order chi connectivity index (χ1) is 8.94. The van der Waals surface area contributed by atoms with Gasteiger partial charge in [-0.25, -0.2) is 9.18 Å². The van der Waals surface area contributed by atoms with Gasteiger partial charge in [0.1, 0.15) is 11.4 Å². The molecule has 0 aliphatic heterocycles. The molecule has 0 spiro atoms. The molecule has 0 saturated heterocycles. The molecule has 1 saturated carbocycles. The minimum absolute atomic E-state index is 0.0111. The summed E-state index contributed by atoms with van der Waals surface area (Å²) in [4.78, 5) is 11.7. The SMILES string of the molecule is CC1CCC(Nc2cccc(F)c2)(C(=O)O)C(C)C1. The van der Waals surface area contributed by atoms with Gasteiger partial charge in [0.15, 0.2) is 0 Å². The highest BCUT2D eigenvalue weighted by Crippen LogP contribution is 2.39. The molecule has 1 aliphatic carbocycles. The molecular weight excluding hydrogens is 245 g/mol. The monoisotopic (exact) mass is 265 g/mol. The van der Waals surface area contributed by atoms with Crippen molar-refractivity contribution in [2.24, 2.45) is 11.8 Å². The standard InChI is InChI=1S/C15H20FNO2/c1-10-6-7-15(14(18)19,11(2)8-10)17-13-5-3-4-12(16)9-13/h3-5,9-11,17H,6-8H2,1-2H3,(H,18,19). The summed E-state index contributed by atoms with van der Waals surface area (Å²) in [6, 6.07) is 5.99. The smallest absolute Gasteiger partial charge is 0.329 e. The number of aliphatic carboxylic acids is 1. The number of carboxylic acids is 1. The van der Waals surface area contributed by atoms with Crippen molar-refractivity contribution in [1.29, 1.82) is 0 Å². The quantitative estimate of drug-likeness (QED) is 0.879. The van der Waals surface area contributed by atoms with Gasteiger partial charge in [0.05, 0.1) is 0 Å². The second-order valence-corrected chi connectivity index (χ2v) is 5.69. The highest BCUT2D eigenvalue weighted by atomic mass is 19.1. The average molecular weight is 265 g/mol. The summed E-state index contributed by atoms with van der Waals surface area (Å²) < 4.78 is 13.2. The van der Waals surface area contributed by atoms with Crippen LogP contribution >= 0.6 is 0 Å². The Morgan fingerprint density at radius 1 is 1.47 bits per heavy atom. The number of hydrogen-bond acceptors (Lipinski definition) is 2. The number of carboxylic acid groups (broad SMARTS) is 1. The van der Waals surface area contributed by atoms with E-state index in [9.17, 15) is 14.3 Å². The molecule has 2 rings (SSSR count). The maximum absolute atomic E-state index is 13.2. The Labute approximate surface area is 112 Å². The molecule has 0 amide bonds. The normalized spacial score (nSPS) is 30.9. The van der Waals surface area contributed by atoms with Crippen LogP contribution in [-0.4, -0.2) is 16.6 Å². The number of halogens is 1. The maximum Gasteiger partial charge on any atom is 0.329 e. The summed E-state index contributed by atoms with van der Waals surface area (Å²) in [5.74, 6) is -0.660. The molecule has 3 atom stereocenters. The van der Waals surface area contributed by atoms with Gasteiger partial charge in [-0.1, -0.05) is 19.9 Å². The van der Waals surface area contributed by atoms with Crippen LogP contribution in [0.3, 0.4) is 0 Å². The summed E-state index contributed by atoms with van der Waals surface area (Å²) >= 11 is 0. The molecule has 1 aliphatic rings. The molecular formula is C15H20FNO2. The Morgan fingerprint density at radius 2 is 2.21 bits per heavy atom. The summed E-state index contributed by atoms with van der Waals surface area (Å²) in [5.41, 5.74) is -0.455. The van der Waals surface area contributed by atoms with E-state index < -0.39 is 11.5 Å². The zero-order chi connectivity index (χ0) is 14.0. The molecule has 0 radical (unpaired) electrons. The number of benzene rings is 1. The molecule has 1 aromatic carbocycles. The lowest BCUT2D eigenvalue weighted by Crippen LogP contribution is -2.54. The van der Waals surface area contributed by atoms with Crippen LogP contribution in [0.5, 0.6) is 0 Å². The zero-order valence-corrected chi connectivity index (χ0v) is 11.3. The predicted octanol–water partition coefficient (Wildman–Crippen LogP) is 3.52. The molecule has 1 aromatic rings. The van der Waals surface area contributed by atoms with Crippen LogP contribution in [0.2, 0.25) is 0 Å². The Hall–Kier alpha value is -1.58. The first kappa shape index (κ1) is 13.8. The van der Waals surface area contributed by atoms with Crippen LogP contribution in [-0.2, 0) is 4.79 Å². The highest BCUT2D eigenvalue weighted by Gasteiger charge is 2.46. The first-order valence-electron chi connectivity index (χ1n) is 6.71. The van der Waals surface area contributed by atoms with Crippen LogP contribution in [0, 0.1) is 17.7 Å². The van der Waals surface area contributed by atoms with Gasteiger partial charge < -0.3 is 10.4 Å². The Morgan fingerprint density at radius 3 is 2.79 bits per heavy atom. The fraction of sp³-hybridized carbons (Fsp3) is 0.533. The summed E-state index contributed by atoms with van der Waals surface area (Å²) in [7, 11) is 0. The molecule has 3 nitrogen and oxygen atoms in total. The van der Waals surface area contributed by atoms with Crippen LogP contribution in [0.4, 0.5) is 10.1 Å². The van der Waals surface area contributed by atoms with Crippen LogP contribution in [0.25, 0.3) is 0 Å². The van der Waals surface area contributed by atoms with Crippen LogP contribution in [0.1, 0.15) is 33.1 Å². The molecule has 0 bridgehead atoms. The Balaban J connectivity index is 2.28. The van der Waals surface area contributed by atoms with Gasteiger partial charge in [0.2, 0.25) is 0 Å². The zero-order valence-electron chi connectivity index (χ0n) is 11.3. The van der Waals surface area contributed by atoms with Crippen molar-refractivity contribution in [2.75, 3.05) is 5.32 Å². The van der Waals surface area contributed by atoms with Gasteiger partial charge >= 0.3 is 5.97 Å². The van der Waals surface area contributed by atoms with Crippen molar-refractivity contribution in [3.8, 4) is 0 Å². The first-order valence-corrected chi connectivity index (χ1v) is 6.71. The van der Waals surface area contributed by atoms with E-state index in [-0.39, 0.29) is 11.7 Å². The predicted molar refractivity (Wildman–Crippen MR) is 72.6 cm³/mol. The lowest BCUT2D eigenvalue weighted by Gasteiger charge is -2.42. The molecule has 19 heavy (non-hydrogen) atoms. The van der Waals surface area contributed by atoms with Crippen molar-refractivity contribution in [3.63, 3.8) is 0 Å². The maximum atomic E-state index is 13.2. The minimum Gasteiger partial charge on any atom is -0.479 e. The molecule has 4 heteroatoms. The van der Waals surface area contributed by atoms with Gasteiger partial charge in [-0.3, -0.25) is 0 Å². The van der Waals surface area contributed by atoms with Crippen molar-refractivity contribution >= 4 is 11.7 Å². The van der Waals surface area contributed by atoms with E-state index in [0.717, 1.165) is 12.8 Å². The minimum atomic E-state index is -0.986. The Bertz CT molecular complexity index is 477. The summed E-state index contributed by atoms with van der Waals surface area (Å²) in [6.07, 6.45) is 2.31. The van der Waals surface area contributed by atoms with Crippen molar-refractivity contribution < 1.29 is 14.3 Å². The van der Waals surface area contributed by atoms with Crippen LogP contribution < -0.4 is 5.32 Å². The second kappa shape index (κ2) is 5.19. The summed E-state index contributed by atoms with van der Waals surface area (Å²) in [5, 5.41) is 12.7. The molecule has 3 unspecified atom stereocenters. The van der Waals surface area contributed by atoms with Crippen molar-refractivity contribution in [3.05, 3.63) is 30.1 Å².